The molecule has 1 fully saturated rings. The molecule has 1 saturated heterocycles. The monoisotopic (exact) mass is 267 g/mol. The maximum Gasteiger partial charge on any atom is 0.148 e. The lowest BCUT2D eigenvalue weighted by Crippen LogP contribution is -2.45. The van der Waals surface area contributed by atoms with Crippen molar-refractivity contribution in [1.82, 2.24) is 9.97 Å². The van der Waals surface area contributed by atoms with E-state index in [2.05, 4.69) is 27.2 Å². The number of nitrogen functional groups attached to an aromatic ring is 1. The van der Waals surface area contributed by atoms with Gasteiger partial charge in [0.15, 0.2) is 0 Å². The van der Waals surface area contributed by atoms with E-state index in [1.54, 1.807) is 0 Å². The minimum atomic E-state index is -0.160. The fourth-order valence-electron chi connectivity index (χ4n) is 2.30. The Kier molecular flexibility index (Phi) is 4.89. The minimum absolute atomic E-state index is 0.0205. The molecule has 2 heterocycles. The molecule has 1 aromatic heterocycles. The van der Waals surface area contributed by atoms with E-state index in [4.69, 9.17) is 10.6 Å². The van der Waals surface area contributed by atoms with Gasteiger partial charge in [-0.25, -0.2) is 15.8 Å². The number of hydrogen-bond acceptors (Lipinski definition) is 7. The minimum Gasteiger partial charge on any atom is -0.394 e. The number of nitrogens with zero attached hydrogens (tertiary/aromatic N) is 3. The van der Waals surface area contributed by atoms with Crippen molar-refractivity contribution in [3.63, 3.8) is 0 Å². The normalized spacial score (nSPS) is 19.5. The molecule has 0 spiro atoms. The molecule has 7 heteroatoms. The van der Waals surface area contributed by atoms with Crippen LogP contribution in [0.4, 0.5) is 11.6 Å². The second-order valence-corrected chi connectivity index (χ2v) is 4.54. The highest BCUT2D eigenvalue weighted by Gasteiger charge is 2.23. The lowest BCUT2D eigenvalue weighted by Gasteiger charge is -2.34. The molecular formula is C12H21N5O2. The first kappa shape index (κ1) is 14.0. The van der Waals surface area contributed by atoms with Crippen molar-refractivity contribution in [2.75, 3.05) is 36.6 Å². The number of morpholine rings is 1. The van der Waals surface area contributed by atoms with Gasteiger partial charge in [-0.2, -0.15) is 0 Å². The van der Waals surface area contributed by atoms with Crippen molar-refractivity contribution in [3.8, 4) is 0 Å². The molecule has 19 heavy (non-hydrogen) atoms. The van der Waals surface area contributed by atoms with Gasteiger partial charge in [0.05, 0.1) is 19.3 Å². The largest absolute Gasteiger partial charge is 0.394 e. The fourth-order valence-corrected chi connectivity index (χ4v) is 2.30. The molecule has 0 aliphatic carbocycles. The van der Waals surface area contributed by atoms with Crippen molar-refractivity contribution in [2.24, 2.45) is 5.84 Å². The average molecular weight is 267 g/mol. The molecule has 0 saturated carbocycles. The first-order chi connectivity index (χ1) is 9.30. The third-order valence-corrected chi connectivity index (χ3v) is 3.20. The molecule has 1 aliphatic rings. The predicted octanol–water partition coefficient (Wildman–Crippen LogP) is -0.0878. The third kappa shape index (κ3) is 3.12. The molecule has 0 radical (unpaired) electrons. The van der Waals surface area contributed by atoms with Crippen LogP contribution in [0.1, 0.15) is 18.9 Å². The van der Waals surface area contributed by atoms with Gasteiger partial charge >= 0.3 is 0 Å². The number of ether oxygens (including phenoxy) is 1. The van der Waals surface area contributed by atoms with E-state index >= 15 is 0 Å². The molecule has 7 nitrogen and oxygen atoms in total. The summed E-state index contributed by atoms with van der Waals surface area (Å²) >= 11 is 0. The van der Waals surface area contributed by atoms with E-state index in [1.165, 1.54) is 6.33 Å². The molecule has 0 amide bonds. The second-order valence-electron chi connectivity index (χ2n) is 4.54. The highest BCUT2D eigenvalue weighted by molar-refractivity contribution is 5.58. The molecule has 1 atom stereocenters. The number of aliphatic hydroxyl groups is 1. The highest BCUT2D eigenvalue weighted by Crippen LogP contribution is 2.25. The smallest absolute Gasteiger partial charge is 0.148 e. The van der Waals surface area contributed by atoms with Gasteiger partial charge in [-0.15, -0.1) is 0 Å². The van der Waals surface area contributed by atoms with E-state index in [1.807, 2.05) is 0 Å². The summed E-state index contributed by atoms with van der Waals surface area (Å²) in [5.41, 5.74) is 3.65. The molecular weight excluding hydrogens is 246 g/mol. The Hall–Kier alpha value is -1.44. The Bertz CT molecular complexity index is 415. The van der Waals surface area contributed by atoms with Crippen LogP contribution in [0.5, 0.6) is 0 Å². The summed E-state index contributed by atoms with van der Waals surface area (Å²) in [6.45, 7) is 4.11. The number of nitrogens with one attached hydrogen (secondary N) is 1. The van der Waals surface area contributed by atoms with Gasteiger partial charge in [-0.1, -0.05) is 13.3 Å². The highest BCUT2D eigenvalue weighted by atomic mass is 16.5. The van der Waals surface area contributed by atoms with Gasteiger partial charge in [0.1, 0.15) is 18.0 Å². The Morgan fingerprint density at radius 3 is 3.11 bits per heavy atom. The van der Waals surface area contributed by atoms with Crippen molar-refractivity contribution in [3.05, 3.63) is 11.9 Å². The van der Waals surface area contributed by atoms with Crippen LogP contribution in [0, 0.1) is 0 Å². The SMILES string of the molecule is CCCc1c(NN)ncnc1N1CCOC(CO)C1. The lowest BCUT2D eigenvalue weighted by atomic mass is 10.1. The van der Waals surface area contributed by atoms with Crippen molar-refractivity contribution >= 4 is 11.6 Å². The summed E-state index contributed by atoms with van der Waals surface area (Å²) in [7, 11) is 0. The summed E-state index contributed by atoms with van der Waals surface area (Å²) < 4.78 is 5.46. The number of aromatic nitrogens is 2. The Balaban J connectivity index is 2.27. The van der Waals surface area contributed by atoms with E-state index < -0.39 is 0 Å². The van der Waals surface area contributed by atoms with E-state index in [0.29, 0.717) is 19.0 Å². The van der Waals surface area contributed by atoms with Gasteiger partial charge in [0.2, 0.25) is 0 Å². The van der Waals surface area contributed by atoms with Crippen molar-refractivity contribution < 1.29 is 9.84 Å². The zero-order chi connectivity index (χ0) is 13.7. The van der Waals surface area contributed by atoms with Crippen molar-refractivity contribution in [1.29, 1.82) is 0 Å². The van der Waals surface area contributed by atoms with Gasteiger partial charge < -0.3 is 20.2 Å². The number of hydrazine groups is 1. The second kappa shape index (κ2) is 6.65. The zero-order valence-corrected chi connectivity index (χ0v) is 11.2. The van der Waals surface area contributed by atoms with Crippen LogP contribution in [-0.4, -0.2) is 47.5 Å². The molecule has 0 bridgehead atoms. The summed E-state index contributed by atoms with van der Waals surface area (Å²) in [6, 6.07) is 0. The average Bonchev–Trinajstić information content (AvgIpc) is 2.48. The number of hydrogen-bond donors (Lipinski definition) is 3. The molecule has 106 valence electrons. The number of anilines is 2. The molecule has 2 rings (SSSR count). The van der Waals surface area contributed by atoms with E-state index in [-0.39, 0.29) is 12.7 Å². The van der Waals surface area contributed by atoms with Crippen LogP contribution < -0.4 is 16.2 Å². The maximum absolute atomic E-state index is 9.21. The first-order valence-electron chi connectivity index (χ1n) is 6.58. The number of nitrogens with two attached hydrogens (primary N) is 1. The van der Waals surface area contributed by atoms with Crippen molar-refractivity contribution in [2.45, 2.75) is 25.9 Å². The van der Waals surface area contributed by atoms with Gasteiger partial charge in [-0.05, 0) is 6.42 Å². The van der Waals surface area contributed by atoms with Gasteiger partial charge in [0, 0.05) is 18.7 Å². The lowest BCUT2D eigenvalue weighted by molar-refractivity contribution is 0.00331. The Labute approximate surface area is 112 Å². The van der Waals surface area contributed by atoms with E-state index in [9.17, 15) is 5.11 Å². The fraction of sp³-hybridized carbons (Fsp3) is 0.667. The number of aliphatic hydroxyl groups excluding tert-OH is 1. The van der Waals surface area contributed by atoms with Crippen LogP contribution in [0.15, 0.2) is 6.33 Å². The zero-order valence-electron chi connectivity index (χ0n) is 11.2. The third-order valence-electron chi connectivity index (χ3n) is 3.20. The van der Waals surface area contributed by atoms with E-state index in [0.717, 1.165) is 30.8 Å². The summed E-state index contributed by atoms with van der Waals surface area (Å²) in [5.74, 6) is 7.06. The van der Waals surface area contributed by atoms with Crippen LogP contribution in [0.25, 0.3) is 0 Å². The maximum atomic E-state index is 9.21. The molecule has 1 unspecified atom stereocenters. The molecule has 1 aromatic rings. The van der Waals surface area contributed by atoms with Gasteiger partial charge in [-0.3, -0.25) is 0 Å². The molecule has 1 aliphatic heterocycles. The van der Waals surface area contributed by atoms with Crippen LogP contribution in [0.2, 0.25) is 0 Å². The van der Waals surface area contributed by atoms with Crippen LogP contribution in [-0.2, 0) is 11.2 Å². The molecule has 4 N–H and O–H groups in total. The molecule has 0 aromatic carbocycles. The predicted molar refractivity (Wildman–Crippen MR) is 72.9 cm³/mol. The summed E-state index contributed by atoms with van der Waals surface area (Å²) in [5, 5.41) is 9.21. The first-order valence-corrected chi connectivity index (χ1v) is 6.58. The van der Waals surface area contributed by atoms with Crippen LogP contribution >= 0.6 is 0 Å². The summed E-state index contributed by atoms with van der Waals surface area (Å²) in [4.78, 5) is 10.7. The standard InChI is InChI=1S/C12H21N5O2/c1-2-3-10-11(16-13)14-8-15-12(10)17-4-5-19-9(6-17)7-18/h8-9,18H,2-7,13H2,1H3,(H,14,15,16). The Morgan fingerprint density at radius 2 is 2.42 bits per heavy atom. The van der Waals surface area contributed by atoms with Gasteiger partial charge in [0.25, 0.3) is 0 Å². The number of rotatable bonds is 5. The quantitative estimate of drug-likeness (QED) is 0.507. The van der Waals surface area contributed by atoms with Crippen LogP contribution in [0.3, 0.4) is 0 Å². The topological polar surface area (TPSA) is 96.5 Å². The summed E-state index contributed by atoms with van der Waals surface area (Å²) in [6.07, 6.45) is 3.19. The Morgan fingerprint density at radius 1 is 1.58 bits per heavy atom.